The molecule has 1 aliphatic rings. The lowest BCUT2D eigenvalue weighted by atomic mass is 9.91. The molecule has 2 atom stereocenters. The van der Waals surface area contributed by atoms with E-state index >= 15 is 0 Å². The van der Waals surface area contributed by atoms with Crippen LogP contribution in [-0.2, 0) is 9.53 Å². The Kier molecular flexibility index (Phi) is 6.22. The standard InChI is InChI=1S/C13H23NO3/c1-3-17-13(16)5-4-6-14-8-11(2)7-12(9-14)10-15/h4-5,11-12,15H,3,6-10H2,1-2H3. The molecule has 1 saturated heterocycles. The molecule has 17 heavy (non-hydrogen) atoms. The number of aliphatic hydroxyl groups excluding tert-OH is 1. The van der Waals surface area contributed by atoms with E-state index in [4.69, 9.17) is 4.74 Å². The molecule has 4 nitrogen and oxygen atoms in total. The predicted molar refractivity (Wildman–Crippen MR) is 66.6 cm³/mol. The van der Waals surface area contributed by atoms with Gasteiger partial charge in [-0.1, -0.05) is 13.0 Å². The molecule has 0 radical (unpaired) electrons. The van der Waals surface area contributed by atoms with Crippen molar-refractivity contribution in [2.75, 3.05) is 32.8 Å². The van der Waals surface area contributed by atoms with Crippen molar-refractivity contribution in [3.05, 3.63) is 12.2 Å². The fourth-order valence-electron chi connectivity index (χ4n) is 2.37. The Bertz CT molecular complexity index is 265. The summed E-state index contributed by atoms with van der Waals surface area (Å²) in [5.74, 6) is 0.697. The van der Waals surface area contributed by atoms with Crippen molar-refractivity contribution in [3.63, 3.8) is 0 Å². The topological polar surface area (TPSA) is 49.8 Å². The van der Waals surface area contributed by atoms with Gasteiger partial charge in [0.2, 0.25) is 0 Å². The Morgan fingerprint density at radius 1 is 1.53 bits per heavy atom. The van der Waals surface area contributed by atoms with Crippen LogP contribution < -0.4 is 0 Å². The minimum atomic E-state index is -0.281. The summed E-state index contributed by atoms with van der Waals surface area (Å²) in [7, 11) is 0. The highest BCUT2D eigenvalue weighted by atomic mass is 16.5. The second kappa shape index (κ2) is 7.45. The van der Waals surface area contributed by atoms with Crippen LogP contribution in [0.2, 0.25) is 0 Å². The molecule has 0 amide bonds. The third-order valence-electron chi connectivity index (χ3n) is 2.98. The molecule has 0 aromatic carbocycles. The highest BCUT2D eigenvalue weighted by Crippen LogP contribution is 2.20. The third kappa shape index (κ3) is 5.33. The number of hydrogen-bond donors (Lipinski definition) is 1. The Hall–Kier alpha value is -0.870. The average molecular weight is 241 g/mol. The number of hydrogen-bond acceptors (Lipinski definition) is 4. The maximum Gasteiger partial charge on any atom is 0.330 e. The molecule has 0 spiro atoms. The number of nitrogens with zero attached hydrogens (tertiary/aromatic N) is 1. The monoisotopic (exact) mass is 241 g/mol. The van der Waals surface area contributed by atoms with Gasteiger partial charge >= 0.3 is 5.97 Å². The van der Waals surface area contributed by atoms with E-state index < -0.39 is 0 Å². The number of likely N-dealkylation sites (tertiary alicyclic amines) is 1. The smallest absolute Gasteiger partial charge is 0.330 e. The van der Waals surface area contributed by atoms with E-state index in [1.807, 2.05) is 6.08 Å². The van der Waals surface area contributed by atoms with Crippen molar-refractivity contribution in [1.29, 1.82) is 0 Å². The van der Waals surface area contributed by atoms with Gasteiger partial charge in [0, 0.05) is 32.3 Å². The van der Waals surface area contributed by atoms with Crippen LogP contribution in [0.15, 0.2) is 12.2 Å². The summed E-state index contributed by atoms with van der Waals surface area (Å²) in [4.78, 5) is 13.4. The lowest BCUT2D eigenvalue weighted by molar-refractivity contribution is -0.137. The molecule has 0 aromatic heterocycles. The zero-order chi connectivity index (χ0) is 12.7. The SMILES string of the molecule is CCOC(=O)C=CCN1CC(C)CC(CO)C1. The third-order valence-corrected chi connectivity index (χ3v) is 2.98. The van der Waals surface area contributed by atoms with Crippen LogP contribution >= 0.6 is 0 Å². The van der Waals surface area contributed by atoms with Gasteiger partial charge in [0.1, 0.15) is 0 Å². The van der Waals surface area contributed by atoms with Gasteiger partial charge in [0.05, 0.1) is 6.61 Å². The molecular formula is C13H23NO3. The molecule has 0 aromatic rings. The molecule has 0 aliphatic carbocycles. The van der Waals surface area contributed by atoms with Crippen LogP contribution in [-0.4, -0.2) is 48.8 Å². The van der Waals surface area contributed by atoms with Gasteiger partial charge in [-0.25, -0.2) is 4.79 Å². The van der Waals surface area contributed by atoms with Crippen molar-refractivity contribution in [2.24, 2.45) is 11.8 Å². The molecule has 0 saturated carbocycles. The zero-order valence-corrected chi connectivity index (χ0v) is 10.8. The van der Waals surface area contributed by atoms with Gasteiger partial charge < -0.3 is 9.84 Å². The summed E-state index contributed by atoms with van der Waals surface area (Å²) >= 11 is 0. The summed E-state index contributed by atoms with van der Waals surface area (Å²) in [5.41, 5.74) is 0. The van der Waals surface area contributed by atoms with Gasteiger partial charge in [0.25, 0.3) is 0 Å². The molecule has 1 heterocycles. The molecule has 2 unspecified atom stereocenters. The first-order valence-electron chi connectivity index (χ1n) is 6.32. The zero-order valence-electron chi connectivity index (χ0n) is 10.8. The number of rotatable bonds is 5. The van der Waals surface area contributed by atoms with Crippen LogP contribution in [0, 0.1) is 11.8 Å². The number of carbonyl (C=O) groups excluding carboxylic acids is 1. The van der Waals surface area contributed by atoms with Crippen molar-refractivity contribution in [2.45, 2.75) is 20.3 Å². The van der Waals surface area contributed by atoms with E-state index in [0.717, 1.165) is 26.1 Å². The van der Waals surface area contributed by atoms with Gasteiger partial charge in [0.15, 0.2) is 0 Å². The van der Waals surface area contributed by atoms with E-state index in [9.17, 15) is 9.90 Å². The second-order valence-corrected chi connectivity index (χ2v) is 4.76. The number of ether oxygens (including phenoxy) is 1. The fraction of sp³-hybridized carbons (Fsp3) is 0.769. The number of carbonyl (C=O) groups is 1. The first kappa shape index (κ1) is 14.2. The van der Waals surface area contributed by atoms with Gasteiger partial charge in [-0.15, -0.1) is 0 Å². The van der Waals surface area contributed by atoms with Crippen molar-refractivity contribution < 1.29 is 14.6 Å². The predicted octanol–water partition coefficient (Wildman–Crippen LogP) is 1.06. The van der Waals surface area contributed by atoms with Crippen LogP contribution in [0.3, 0.4) is 0 Å². The molecule has 1 N–H and O–H groups in total. The summed E-state index contributed by atoms with van der Waals surface area (Å²) < 4.78 is 4.81. The molecule has 1 aliphatic heterocycles. The van der Waals surface area contributed by atoms with Crippen molar-refractivity contribution in [1.82, 2.24) is 4.90 Å². The Morgan fingerprint density at radius 3 is 2.94 bits per heavy atom. The van der Waals surface area contributed by atoms with Crippen LogP contribution in [0.5, 0.6) is 0 Å². The van der Waals surface area contributed by atoms with Crippen LogP contribution in [0.1, 0.15) is 20.3 Å². The van der Waals surface area contributed by atoms with Crippen LogP contribution in [0.4, 0.5) is 0 Å². The molecule has 1 rings (SSSR count). The van der Waals surface area contributed by atoms with Gasteiger partial charge in [-0.3, -0.25) is 4.90 Å². The normalized spacial score (nSPS) is 26.3. The van der Waals surface area contributed by atoms with Gasteiger partial charge in [-0.2, -0.15) is 0 Å². The maximum atomic E-state index is 11.1. The highest BCUT2D eigenvalue weighted by Gasteiger charge is 2.23. The minimum absolute atomic E-state index is 0.252. The molecule has 0 bridgehead atoms. The lowest BCUT2D eigenvalue weighted by Gasteiger charge is -2.35. The summed E-state index contributed by atoms with van der Waals surface area (Å²) in [6.07, 6.45) is 4.41. The molecule has 1 fully saturated rings. The van der Waals surface area contributed by atoms with E-state index in [-0.39, 0.29) is 12.6 Å². The van der Waals surface area contributed by atoms with Gasteiger partial charge in [-0.05, 0) is 25.2 Å². The Morgan fingerprint density at radius 2 is 2.29 bits per heavy atom. The Labute approximate surface area is 103 Å². The number of aliphatic hydroxyl groups is 1. The van der Waals surface area contributed by atoms with Crippen molar-refractivity contribution in [3.8, 4) is 0 Å². The second-order valence-electron chi connectivity index (χ2n) is 4.76. The summed E-state index contributed by atoms with van der Waals surface area (Å²) in [6, 6.07) is 0. The largest absolute Gasteiger partial charge is 0.463 e. The maximum absolute atomic E-state index is 11.1. The van der Waals surface area contributed by atoms with Crippen molar-refractivity contribution >= 4 is 5.97 Å². The molecular weight excluding hydrogens is 218 g/mol. The first-order valence-corrected chi connectivity index (χ1v) is 6.32. The minimum Gasteiger partial charge on any atom is -0.463 e. The number of esters is 1. The average Bonchev–Trinajstić information content (AvgIpc) is 2.28. The Balaban J connectivity index is 2.33. The van der Waals surface area contributed by atoms with E-state index in [1.165, 1.54) is 6.08 Å². The van der Waals surface area contributed by atoms with Crippen LogP contribution in [0.25, 0.3) is 0 Å². The van der Waals surface area contributed by atoms with E-state index in [0.29, 0.717) is 18.4 Å². The van der Waals surface area contributed by atoms with E-state index in [1.54, 1.807) is 6.92 Å². The molecule has 98 valence electrons. The number of piperidine rings is 1. The molecule has 4 heteroatoms. The van der Waals surface area contributed by atoms with E-state index in [2.05, 4.69) is 11.8 Å². The highest BCUT2D eigenvalue weighted by molar-refractivity contribution is 5.81. The quantitative estimate of drug-likeness (QED) is 0.577. The first-order chi connectivity index (χ1) is 8.15. The fourth-order valence-corrected chi connectivity index (χ4v) is 2.37. The lowest BCUT2D eigenvalue weighted by Crippen LogP contribution is -2.40. The summed E-state index contributed by atoms with van der Waals surface area (Å²) in [5, 5.41) is 9.19. The summed E-state index contributed by atoms with van der Waals surface area (Å²) in [6.45, 7) is 7.35.